The van der Waals surface area contributed by atoms with E-state index >= 15 is 0 Å². The molecule has 0 radical (unpaired) electrons. The highest BCUT2D eigenvalue weighted by molar-refractivity contribution is 14.0. The number of ether oxygens (including phenoxy) is 1. The third-order valence-corrected chi connectivity index (χ3v) is 4.45. The zero-order chi connectivity index (χ0) is 16.7. The molecule has 1 atom stereocenters. The third-order valence-electron chi connectivity index (χ3n) is 3.92. The minimum Gasteiger partial charge on any atom is -0.466 e. The third kappa shape index (κ3) is 6.23. The number of carbonyl (C=O) groups is 1. The second kappa shape index (κ2) is 10.9. The number of nitrogens with one attached hydrogen (secondary N) is 1. The van der Waals surface area contributed by atoms with Crippen molar-refractivity contribution in [3.8, 4) is 0 Å². The van der Waals surface area contributed by atoms with Gasteiger partial charge in [0.15, 0.2) is 5.96 Å². The van der Waals surface area contributed by atoms with E-state index in [-0.39, 0.29) is 35.9 Å². The molecule has 0 bridgehead atoms. The van der Waals surface area contributed by atoms with Gasteiger partial charge in [-0.1, -0.05) is 28.1 Å². The molecule has 0 aliphatic carbocycles. The maximum absolute atomic E-state index is 12.0. The first-order chi connectivity index (χ1) is 11.1. The molecule has 1 heterocycles. The molecule has 24 heavy (non-hydrogen) atoms. The molecule has 1 aliphatic rings. The highest BCUT2D eigenvalue weighted by Gasteiger charge is 2.28. The molecule has 2 rings (SSSR count). The van der Waals surface area contributed by atoms with Gasteiger partial charge < -0.3 is 15.0 Å². The van der Waals surface area contributed by atoms with Crippen molar-refractivity contribution in [1.82, 2.24) is 10.2 Å². The normalized spacial score (nSPS) is 17.9. The van der Waals surface area contributed by atoms with Gasteiger partial charge in [0.1, 0.15) is 0 Å². The Labute approximate surface area is 169 Å². The van der Waals surface area contributed by atoms with Crippen LogP contribution in [0.4, 0.5) is 0 Å². The molecule has 1 aromatic rings. The Morgan fingerprint density at radius 1 is 1.42 bits per heavy atom. The summed E-state index contributed by atoms with van der Waals surface area (Å²) in [6.45, 7) is 4.57. The van der Waals surface area contributed by atoms with Crippen molar-refractivity contribution in [2.75, 3.05) is 26.7 Å². The number of aliphatic imine (C=N–C) groups is 1. The number of hydrogen-bond donors (Lipinski definition) is 1. The first-order valence-corrected chi connectivity index (χ1v) is 8.80. The first kappa shape index (κ1) is 21.2. The summed E-state index contributed by atoms with van der Waals surface area (Å²) >= 11 is 3.44. The largest absolute Gasteiger partial charge is 0.466 e. The molecule has 0 amide bonds. The number of likely N-dealkylation sites (tertiary alicyclic amines) is 1. The van der Waals surface area contributed by atoms with E-state index in [2.05, 4.69) is 43.3 Å². The molecule has 1 N–H and O–H groups in total. The van der Waals surface area contributed by atoms with Gasteiger partial charge in [0, 0.05) is 31.2 Å². The first-order valence-electron chi connectivity index (χ1n) is 8.00. The molecule has 134 valence electrons. The van der Waals surface area contributed by atoms with Crippen molar-refractivity contribution in [3.05, 3.63) is 34.3 Å². The number of guanidine groups is 1. The highest BCUT2D eigenvalue weighted by atomic mass is 127. The van der Waals surface area contributed by atoms with Crippen LogP contribution >= 0.6 is 39.9 Å². The van der Waals surface area contributed by atoms with Crippen LogP contribution in [-0.4, -0.2) is 43.6 Å². The van der Waals surface area contributed by atoms with E-state index in [9.17, 15) is 4.79 Å². The van der Waals surface area contributed by atoms with Crippen molar-refractivity contribution in [2.24, 2.45) is 10.9 Å². The summed E-state index contributed by atoms with van der Waals surface area (Å²) in [5.41, 5.74) is 1.19. The number of benzene rings is 1. The smallest absolute Gasteiger partial charge is 0.310 e. The zero-order valence-electron chi connectivity index (χ0n) is 14.1. The van der Waals surface area contributed by atoms with Gasteiger partial charge in [-0.25, -0.2) is 0 Å². The van der Waals surface area contributed by atoms with Crippen molar-refractivity contribution < 1.29 is 9.53 Å². The van der Waals surface area contributed by atoms with Crippen LogP contribution in [0.3, 0.4) is 0 Å². The summed E-state index contributed by atoms with van der Waals surface area (Å²) in [4.78, 5) is 18.4. The van der Waals surface area contributed by atoms with Gasteiger partial charge >= 0.3 is 5.97 Å². The van der Waals surface area contributed by atoms with Gasteiger partial charge in [-0.15, -0.1) is 24.0 Å². The number of piperidine rings is 1. The lowest BCUT2D eigenvalue weighted by Gasteiger charge is -2.34. The number of carbonyl (C=O) groups excluding carboxylic acids is 1. The van der Waals surface area contributed by atoms with Crippen LogP contribution in [0.5, 0.6) is 0 Å². The van der Waals surface area contributed by atoms with Crippen LogP contribution in [0.1, 0.15) is 25.3 Å². The van der Waals surface area contributed by atoms with Crippen LogP contribution in [-0.2, 0) is 16.1 Å². The summed E-state index contributed by atoms with van der Waals surface area (Å²) in [6, 6.07) is 8.19. The van der Waals surface area contributed by atoms with Crippen LogP contribution in [0.15, 0.2) is 33.7 Å². The number of esters is 1. The lowest BCUT2D eigenvalue weighted by molar-refractivity contribution is -0.149. The Hall–Kier alpha value is -0.830. The van der Waals surface area contributed by atoms with Gasteiger partial charge in [-0.3, -0.25) is 9.79 Å². The van der Waals surface area contributed by atoms with E-state index in [1.807, 2.05) is 19.1 Å². The van der Waals surface area contributed by atoms with Crippen LogP contribution < -0.4 is 5.32 Å². The van der Waals surface area contributed by atoms with E-state index in [0.717, 1.165) is 29.8 Å². The average molecular weight is 510 g/mol. The molecule has 7 heteroatoms. The fourth-order valence-electron chi connectivity index (χ4n) is 2.74. The minimum atomic E-state index is -0.0967. The molecule has 1 aliphatic heterocycles. The van der Waals surface area contributed by atoms with E-state index in [1.54, 1.807) is 7.05 Å². The Morgan fingerprint density at radius 3 is 2.75 bits per heavy atom. The van der Waals surface area contributed by atoms with Crippen LogP contribution in [0.25, 0.3) is 0 Å². The second-order valence-electron chi connectivity index (χ2n) is 5.56. The number of halogens is 2. The topological polar surface area (TPSA) is 53.9 Å². The summed E-state index contributed by atoms with van der Waals surface area (Å²) in [5, 5.41) is 3.37. The molecule has 1 saturated heterocycles. The van der Waals surface area contributed by atoms with Crippen molar-refractivity contribution in [1.29, 1.82) is 0 Å². The van der Waals surface area contributed by atoms with Gasteiger partial charge in [-0.05, 0) is 37.5 Å². The van der Waals surface area contributed by atoms with E-state index in [0.29, 0.717) is 19.7 Å². The highest BCUT2D eigenvalue weighted by Crippen LogP contribution is 2.18. The van der Waals surface area contributed by atoms with E-state index < -0.39 is 0 Å². The number of nitrogens with zero attached hydrogens (tertiary/aromatic N) is 2. The molecule has 0 saturated carbocycles. The molecule has 1 fully saturated rings. The predicted octanol–water partition coefficient (Wildman–Crippen LogP) is 3.42. The lowest BCUT2D eigenvalue weighted by atomic mass is 9.98. The number of rotatable bonds is 4. The van der Waals surface area contributed by atoms with E-state index in [1.165, 1.54) is 5.56 Å². The Morgan fingerprint density at radius 2 is 2.12 bits per heavy atom. The van der Waals surface area contributed by atoms with Crippen LogP contribution in [0, 0.1) is 5.92 Å². The molecule has 1 aromatic carbocycles. The fraction of sp³-hybridized carbons (Fsp3) is 0.529. The Bertz CT molecular complexity index is 551. The van der Waals surface area contributed by atoms with Gasteiger partial charge in [0.05, 0.1) is 12.5 Å². The SMILES string of the molecule is CCOC(=O)C1CCCN(C(=NC)NCc2ccc(Br)cc2)C1.I. The number of hydrogen-bond acceptors (Lipinski definition) is 3. The zero-order valence-corrected chi connectivity index (χ0v) is 18.0. The maximum atomic E-state index is 12.0. The van der Waals surface area contributed by atoms with Gasteiger partial charge in [-0.2, -0.15) is 0 Å². The molecule has 0 aromatic heterocycles. The van der Waals surface area contributed by atoms with Crippen molar-refractivity contribution >= 4 is 51.8 Å². The Kier molecular flexibility index (Phi) is 9.65. The lowest BCUT2D eigenvalue weighted by Crippen LogP contribution is -2.48. The van der Waals surface area contributed by atoms with E-state index in [4.69, 9.17) is 4.74 Å². The molecular weight excluding hydrogens is 485 g/mol. The molecule has 1 unspecified atom stereocenters. The fourth-order valence-corrected chi connectivity index (χ4v) is 3.00. The molecule has 0 spiro atoms. The minimum absolute atomic E-state index is 0. The quantitative estimate of drug-likeness (QED) is 0.292. The predicted molar refractivity (Wildman–Crippen MR) is 111 cm³/mol. The van der Waals surface area contributed by atoms with Gasteiger partial charge in [0.25, 0.3) is 0 Å². The second-order valence-corrected chi connectivity index (χ2v) is 6.48. The monoisotopic (exact) mass is 509 g/mol. The van der Waals surface area contributed by atoms with Crippen LogP contribution in [0.2, 0.25) is 0 Å². The van der Waals surface area contributed by atoms with Crippen molar-refractivity contribution in [3.63, 3.8) is 0 Å². The summed E-state index contributed by atoms with van der Waals surface area (Å²) < 4.78 is 6.22. The summed E-state index contributed by atoms with van der Waals surface area (Å²) in [7, 11) is 1.78. The standard InChI is InChI=1S/C17H24BrN3O2.HI/c1-3-23-16(22)14-5-4-10-21(12-14)17(19-2)20-11-13-6-8-15(18)9-7-13;/h6-9,14H,3-5,10-12H2,1-2H3,(H,19,20);1H. The maximum Gasteiger partial charge on any atom is 0.310 e. The van der Waals surface area contributed by atoms with Gasteiger partial charge in [0.2, 0.25) is 0 Å². The summed E-state index contributed by atoms with van der Waals surface area (Å²) in [6.07, 6.45) is 1.86. The van der Waals surface area contributed by atoms with Crippen molar-refractivity contribution in [2.45, 2.75) is 26.3 Å². The molecule has 5 nitrogen and oxygen atoms in total. The summed E-state index contributed by atoms with van der Waals surface area (Å²) in [5.74, 6) is 0.678. The average Bonchev–Trinajstić information content (AvgIpc) is 2.57. The Balaban J connectivity index is 0.00000288. The molecular formula is C17H25BrIN3O2.